The van der Waals surface area contributed by atoms with E-state index < -0.39 is 166 Å². The van der Waals surface area contributed by atoms with Crippen LogP contribution in [0.25, 0.3) is 0 Å². The smallest absolute Gasteiger partial charge is 0.340 e. The normalized spacial score (nSPS) is 37.2. The Hall–Kier alpha value is -7.00. The van der Waals surface area contributed by atoms with Gasteiger partial charge in [-0.3, -0.25) is 38.4 Å². The molecule has 606 valence electrons. The van der Waals surface area contributed by atoms with Gasteiger partial charge in [0.2, 0.25) is 11.6 Å². The van der Waals surface area contributed by atoms with Crippen molar-refractivity contribution >= 4 is 58.9 Å². The van der Waals surface area contributed by atoms with Gasteiger partial charge in [-0.15, -0.1) is 0 Å². The van der Waals surface area contributed by atoms with Gasteiger partial charge in [0, 0.05) is 108 Å². The second-order valence-electron chi connectivity index (χ2n) is 33.2. The van der Waals surface area contributed by atoms with Gasteiger partial charge in [0.15, 0.2) is 5.76 Å². The SMILES string of the molecule is COC[C@H]1OC(=O)/C(=C/N(C)CCCN(C)C)C2=C(O)C(=O)C3=C([C@H](OC(C)=O)C[C@@]4(C)C3CC[C@@H]4OC(=O)CCC(=O)O[C@@H]3CC[C@@H](C[C@@H](C)[C@@H]4CC(=O)[C@H](C)/C=C(\C)[C@@H](O)[C@@H](C)C(=O)[C@H](C)C[C@H](C)/C=C/C=C/C=C(\C)[C@@H](OC)C[C@@H]5CC[C@@H](C)[C@@](O)(O5)C(=O)C(=O)N5CCCC[C@H]5C(=O)O4)C[C@H]3OC)[C@]21C. The second kappa shape index (κ2) is 38.0. The highest BCUT2D eigenvalue weighted by molar-refractivity contribution is 6.39. The number of ketones is 4. The Kier molecular flexibility index (Phi) is 30.5. The van der Waals surface area contributed by atoms with Crippen LogP contribution in [0.3, 0.4) is 0 Å². The lowest BCUT2D eigenvalue weighted by Gasteiger charge is -2.54. The maximum Gasteiger partial charge on any atom is 0.340 e. The van der Waals surface area contributed by atoms with E-state index in [-0.39, 0.29) is 91.8 Å². The molecule has 1 unspecified atom stereocenters. The fourth-order valence-corrected chi connectivity index (χ4v) is 18.3. The Morgan fingerprint density at radius 2 is 1.50 bits per heavy atom. The summed E-state index contributed by atoms with van der Waals surface area (Å²) < 4.78 is 54.7. The summed E-state index contributed by atoms with van der Waals surface area (Å²) in [5.41, 5.74) is -0.517. The van der Waals surface area contributed by atoms with E-state index in [0.29, 0.717) is 88.3 Å². The number of aliphatic hydroxyl groups excluding tert-OH is 2. The molecule has 8 rings (SSSR count). The molecule has 0 aromatic carbocycles. The number of aliphatic hydroxyl groups is 3. The molecule has 109 heavy (non-hydrogen) atoms. The number of carbonyl (C=O) groups excluding carboxylic acids is 10. The number of rotatable bonds is 18. The van der Waals surface area contributed by atoms with E-state index in [1.807, 2.05) is 84.0 Å². The van der Waals surface area contributed by atoms with Crippen LogP contribution in [0.1, 0.15) is 192 Å². The number of ether oxygens (including phenoxy) is 9. The molecule has 2 bridgehead atoms. The van der Waals surface area contributed by atoms with Crippen molar-refractivity contribution in [3.63, 3.8) is 0 Å². The number of hydrogen-bond donors (Lipinski definition) is 3. The van der Waals surface area contributed by atoms with E-state index in [2.05, 4.69) is 0 Å². The van der Waals surface area contributed by atoms with Gasteiger partial charge in [0.05, 0.1) is 54.9 Å². The van der Waals surface area contributed by atoms with Crippen LogP contribution in [0.4, 0.5) is 0 Å². The lowest BCUT2D eigenvalue weighted by atomic mass is 9.53. The number of esters is 5. The van der Waals surface area contributed by atoms with Crippen LogP contribution in [0.5, 0.6) is 0 Å². The molecule has 0 radical (unpaired) electrons. The predicted molar refractivity (Wildman–Crippen MR) is 403 cm³/mol. The van der Waals surface area contributed by atoms with E-state index in [1.165, 1.54) is 21.1 Å². The molecular weight excluding hydrogens is 1400 g/mol. The third kappa shape index (κ3) is 20.3. The second-order valence-corrected chi connectivity index (χ2v) is 33.2. The zero-order valence-corrected chi connectivity index (χ0v) is 67.4. The van der Waals surface area contributed by atoms with Crippen molar-refractivity contribution in [2.75, 3.05) is 68.7 Å². The summed E-state index contributed by atoms with van der Waals surface area (Å²) in [6.45, 7) is 20.4. The maximum absolute atomic E-state index is 14.9. The fourth-order valence-electron chi connectivity index (χ4n) is 18.3. The minimum Gasteiger partial charge on any atom is -0.504 e. The first kappa shape index (κ1) is 87.6. The van der Waals surface area contributed by atoms with E-state index in [0.717, 1.165) is 23.4 Å². The van der Waals surface area contributed by atoms with Crippen LogP contribution < -0.4 is 0 Å². The summed E-state index contributed by atoms with van der Waals surface area (Å²) in [6, 6.07) is -1.24. The van der Waals surface area contributed by atoms with Crippen LogP contribution >= 0.6 is 0 Å². The van der Waals surface area contributed by atoms with Crippen molar-refractivity contribution in [1.82, 2.24) is 14.7 Å². The molecule has 8 aliphatic rings. The average molecular weight is 1530 g/mol. The van der Waals surface area contributed by atoms with E-state index in [4.69, 9.17) is 42.6 Å². The minimum atomic E-state index is -2.51. The Bertz CT molecular complexity index is 3590. The number of piperidine rings is 1. The molecule has 0 aromatic heterocycles. The van der Waals surface area contributed by atoms with Crippen molar-refractivity contribution in [3.05, 3.63) is 81.9 Å². The molecule has 25 nitrogen and oxygen atoms in total. The quantitative estimate of drug-likeness (QED) is 0.0378. The molecule has 4 aliphatic heterocycles. The molecule has 5 fully saturated rings. The van der Waals surface area contributed by atoms with Gasteiger partial charge in [-0.1, -0.05) is 84.9 Å². The van der Waals surface area contributed by atoms with E-state index >= 15 is 0 Å². The van der Waals surface area contributed by atoms with Crippen LogP contribution in [0, 0.1) is 58.2 Å². The summed E-state index contributed by atoms with van der Waals surface area (Å²) in [5.74, 6) is -14.2. The molecule has 25 heteroatoms. The summed E-state index contributed by atoms with van der Waals surface area (Å²) in [5, 5.41) is 36.0. The zero-order chi connectivity index (χ0) is 80.3. The van der Waals surface area contributed by atoms with E-state index in [9.17, 15) is 63.3 Å². The van der Waals surface area contributed by atoms with E-state index in [1.54, 1.807) is 66.0 Å². The number of carbonyl (C=O) groups is 10. The van der Waals surface area contributed by atoms with Crippen LogP contribution in [0.15, 0.2) is 81.9 Å². The van der Waals surface area contributed by atoms with Crippen molar-refractivity contribution in [2.45, 2.75) is 259 Å². The molecular formula is C84H123N3O22. The third-order valence-corrected chi connectivity index (χ3v) is 24.7. The van der Waals surface area contributed by atoms with Gasteiger partial charge in [-0.05, 0) is 172 Å². The van der Waals surface area contributed by atoms with Gasteiger partial charge in [-0.2, -0.15) is 0 Å². The summed E-state index contributed by atoms with van der Waals surface area (Å²) in [7, 11) is 10.2. The first-order valence-electron chi connectivity index (χ1n) is 39.5. The van der Waals surface area contributed by atoms with Crippen molar-refractivity contribution < 1.29 is 106 Å². The van der Waals surface area contributed by atoms with Crippen LogP contribution in [-0.4, -0.2) is 224 Å². The monoisotopic (exact) mass is 1530 g/mol. The average Bonchev–Trinajstić information content (AvgIpc) is 1.68. The molecule has 4 heterocycles. The predicted octanol–water partition coefficient (Wildman–Crippen LogP) is 9.83. The fraction of sp³-hybridized carbons (Fsp3) is 0.714. The zero-order valence-electron chi connectivity index (χ0n) is 67.4. The molecule has 21 atom stereocenters. The van der Waals surface area contributed by atoms with Crippen molar-refractivity contribution in [2.24, 2.45) is 58.2 Å². The Balaban J connectivity index is 0.954. The molecule has 3 N–H and O–H groups in total. The molecule has 2 saturated carbocycles. The number of cyclic esters (lactones) is 2. The van der Waals surface area contributed by atoms with Gasteiger partial charge in [0.25, 0.3) is 11.7 Å². The number of methoxy groups -OCH3 is 3. The molecule has 3 saturated heterocycles. The third-order valence-electron chi connectivity index (χ3n) is 24.7. The van der Waals surface area contributed by atoms with Gasteiger partial charge in [-0.25, -0.2) is 9.59 Å². The molecule has 4 aliphatic carbocycles. The minimum absolute atomic E-state index is 0.0102. The molecule has 0 aromatic rings. The highest BCUT2D eigenvalue weighted by Crippen LogP contribution is 2.64. The highest BCUT2D eigenvalue weighted by atomic mass is 16.6. The lowest BCUT2D eigenvalue weighted by molar-refractivity contribution is -0.265. The lowest BCUT2D eigenvalue weighted by Crippen LogP contribution is -2.61. The first-order chi connectivity index (χ1) is 51.4. The number of hydrogen-bond acceptors (Lipinski definition) is 24. The molecule has 0 spiro atoms. The van der Waals surface area contributed by atoms with Crippen LogP contribution in [0.2, 0.25) is 0 Å². The number of fused-ring (bicyclic) bond motifs is 7. The first-order valence-corrected chi connectivity index (χ1v) is 39.5. The Morgan fingerprint density at radius 3 is 2.17 bits per heavy atom. The van der Waals surface area contributed by atoms with Gasteiger partial charge < -0.3 is 72.7 Å². The summed E-state index contributed by atoms with van der Waals surface area (Å²) in [6.07, 6.45) is 10.0. The summed E-state index contributed by atoms with van der Waals surface area (Å²) in [4.78, 5) is 147. The van der Waals surface area contributed by atoms with Gasteiger partial charge >= 0.3 is 29.8 Å². The topological polar surface area (TPSA) is 324 Å². The number of nitrogens with zero attached hydrogens (tertiary/aromatic N) is 3. The Morgan fingerprint density at radius 1 is 0.789 bits per heavy atom. The standard InChI is InChI=1S/C84H123N3O22/c1-47-24-19-18-20-25-48(2)63(102-16)42-57-29-27-53(7)84(100,109-57)78(96)79(97)87-37-22-21-26-60(87)81(99)106-64(43-61(89)49(3)39-52(6)75(93)54(8)74(92)51(5)38-47)50(4)40-56-28-31-62(65(41-56)103-17)105-69(90)33-34-70(91)107-67-32-30-59-71-73(66(104-55(9)88)44-82(59,67)10)83(11)68(46-101-15)108-80(98)58(72(83)77(95)76(71)94)45-86(14)36-23-35-85(12)13/h18-20,24-25,39,45,47,49-51,53-54,56-57,59-60,62-68,75,93,95,100H,21-23,26-38,40-44,46H2,1-17H3/b20-18+,24-19+,48-25+,52-39+,58-45+/t47-,49-,50-,51-,53-,54+,56+,57+,59?,60+,62-,63+,64+,65-,66-,67+,68-,75-,82+,83+,84-/m1/s1. The highest BCUT2D eigenvalue weighted by Gasteiger charge is 2.65. The largest absolute Gasteiger partial charge is 0.504 e. The number of Topliss-reactive ketones (excluding diaryl/α,β-unsaturated/α-hetero) is 4. The van der Waals surface area contributed by atoms with Crippen molar-refractivity contribution in [3.8, 4) is 0 Å². The maximum atomic E-state index is 14.9. The molecule has 1 amide bonds. The Labute approximate surface area is 643 Å². The number of amides is 1. The van der Waals surface area contributed by atoms with Crippen LogP contribution in [-0.2, 0) is 90.6 Å². The van der Waals surface area contributed by atoms with Gasteiger partial charge in [0.1, 0.15) is 48.1 Å². The number of allylic oxidation sites excluding steroid dienone is 7. The summed E-state index contributed by atoms with van der Waals surface area (Å²) >= 11 is 0. The van der Waals surface area contributed by atoms with Crippen molar-refractivity contribution in [1.29, 1.82) is 0 Å².